The summed E-state index contributed by atoms with van der Waals surface area (Å²) < 4.78 is 13.8. The molecule has 0 aromatic heterocycles. The van der Waals surface area contributed by atoms with Crippen molar-refractivity contribution in [3.05, 3.63) is 35.1 Å². The van der Waals surface area contributed by atoms with Crippen LogP contribution in [0.25, 0.3) is 0 Å². The van der Waals surface area contributed by atoms with Crippen molar-refractivity contribution in [2.45, 2.75) is 58.0 Å². The molecule has 1 aromatic rings. The molecule has 0 bridgehead atoms. The Morgan fingerprint density at radius 2 is 2.10 bits per heavy atom. The van der Waals surface area contributed by atoms with E-state index in [0.717, 1.165) is 6.42 Å². The van der Waals surface area contributed by atoms with Gasteiger partial charge in [-0.25, -0.2) is 9.18 Å². The van der Waals surface area contributed by atoms with Gasteiger partial charge in [-0.2, -0.15) is 0 Å². The highest BCUT2D eigenvalue weighted by Gasteiger charge is 2.22. The topological polar surface area (TPSA) is 49.3 Å². The smallest absolute Gasteiger partial charge is 0.335 e. The molecular formula is C17H24FNO2. The summed E-state index contributed by atoms with van der Waals surface area (Å²) in [4.78, 5) is 11.0. The summed E-state index contributed by atoms with van der Waals surface area (Å²) in [6, 6.07) is 4.36. The van der Waals surface area contributed by atoms with Gasteiger partial charge in [0.05, 0.1) is 5.56 Å². The molecule has 3 nitrogen and oxygen atoms in total. The fraction of sp³-hybridized carbons (Fsp3) is 0.588. The highest BCUT2D eigenvalue weighted by atomic mass is 19.1. The van der Waals surface area contributed by atoms with Gasteiger partial charge >= 0.3 is 5.97 Å². The zero-order valence-corrected chi connectivity index (χ0v) is 12.6. The molecule has 1 saturated carbocycles. The van der Waals surface area contributed by atoms with Crippen LogP contribution in [0.15, 0.2) is 18.2 Å². The molecule has 0 saturated heterocycles. The van der Waals surface area contributed by atoms with Crippen molar-refractivity contribution in [2.75, 3.05) is 0 Å². The van der Waals surface area contributed by atoms with E-state index in [2.05, 4.69) is 12.2 Å². The second-order valence-electron chi connectivity index (χ2n) is 5.91. The Morgan fingerprint density at radius 3 is 2.71 bits per heavy atom. The number of hydrogen-bond acceptors (Lipinski definition) is 2. The van der Waals surface area contributed by atoms with E-state index in [1.165, 1.54) is 50.3 Å². The normalized spacial score (nSPS) is 17.6. The van der Waals surface area contributed by atoms with E-state index in [4.69, 9.17) is 5.11 Å². The number of carboxylic acids is 1. The molecule has 1 aromatic carbocycles. The van der Waals surface area contributed by atoms with Gasteiger partial charge in [0.1, 0.15) is 5.82 Å². The molecule has 2 rings (SSSR count). The molecule has 0 spiro atoms. The third-order valence-corrected chi connectivity index (χ3v) is 4.51. The number of aromatic carboxylic acids is 1. The molecule has 0 heterocycles. The maximum atomic E-state index is 13.8. The quantitative estimate of drug-likeness (QED) is 0.834. The second-order valence-corrected chi connectivity index (χ2v) is 5.91. The van der Waals surface area contributed by atoms with Crippen molar-refractivity contribution in [1.29, 1.82) is 0 Å². The summed E-state index contributed by atoms with van der Waals surface area (Å²) in [6.07, 6.45) is 7.39. The summed E-state index contributed by atoms with van der Waals surface area (Å²) in [5.41, 5.74) is 0.572. The number of hydrogen-bond donors (Lipinski definition) is 2. The lowest BCUT2D eigenvalue weighted by atomic mass is 9.83. The van der Waals surface area contributed by atoms with Crippen molar-refractivity contribution in [2.24, 2.45) is 5.92 Å². The molecule has 116 valence electrons. The number of benzene rings is 1. The van der Waals surface area contributed by atoms with Crippen LogP contribution >= 0.6 is 0 Å². The van der Waals surface area contributed by atoms with E-state index >= 15 is 0 Å². The molecule has 1 fully saturated rings. The van der Waals surface area contributed by atoms with E-state index in [1.807, 2.05) is 0 Å². The van der Waals surface area contributed by atoms with Gasteiger partial charge in [0.25, 0.3) is 0 Å². The summed E-state index contributed by atoms with van der Waals surface area (Å²) in [5, 5.41) is 12.4. The Kier molecular flexibility index (Phi) is 5.74. The van der Waals surface area contributed by atoms with Gasteiger partial charge in [0.2, 0.25) is 0 Å². The summed E-state index contributed by atoms with van der Waals surface area (Å²) in [5.74, 6) is -0.698. The first-order valence-corrected chi connectivity index (χ1v) is 7.87. The summed E-state index contributed by atoms with van der Waals surface area (Å²) in [7, 11) is 0. The number of rotatable bonds is 6. The van der Waals surface area contributed by atoms with Crippen molar-refractivity contribution < 1.29 is 14.3 Å². The minimum absolute atomic E-state index is 0.138. The summed E-state index contributed by atoms with van der Waals surface area (Å²) in [6.45, 7) is 2.54. The fourth-order valence-electron chi connectivity index (χ4n) is 3.27. The van der Waals surface area contributed by atoms with Gasteiger partial charge in [-0.05, 0) is 43.4 Å². The minimum Gasteiger partial charge on any atom is -0.478 e. The average molecular weight is 293 g/mol. The number of carboxylic acid groups (broad SMARTS) is 1. The Bertz CT molecular complexity index is 484. The first-order chi connectivity index (χ1) is 10.1. The third kappa shape index (κ3) is 4.27. The lowest BCUT2D eigenvalue weighted by Crippen LogP contribution is -2.36. The zero-order chi connectivity index (χ0) is 15.2. The molecule has 0 radical (unpaired) electrons. The lowest BCUT2D eigenvalue weighted by Gasteiger charge is -2.30. The monoisotopic (exact) mass is 293 g/mol. The van der Waals surface area contributed by atoms with Gasteiger partial charge in [-0.15, -0.1) is 0 Å². The Morgan fingerprint density at radius 1 is 1.38 bits per heavy atom. The van der Waals surface area contributed by atoms with Crippen LogP contribution < -0.4 is 5.32 Å². The molecule has 1 aliphatic rings. The SMILES string of the molecule is CCC(NCc1cc(C(=O)O)ccc1F)C1CCCCC1. The molecule has 0 amide bonds. The maximum Gasteiger partial charge on any atom is 0.335 e. The van der Waals surface area contributed by atoms with Gasteiger partial charge < -0.3 is 10.4 Å². The van der Waals surface area contributed by atoms with Crippen molar-refractivity contribution in [1.82, 2.24) is 5.32 Å². The molecule has 21 heavy (non-hydrogen) atoms. The fourth-order valence-corrected chi connectivity index (χ4v) is 3.27. The van der Waals surface area contributed by atoms with Crippen molar-refractivity contribution >= 4 is 5.97 Å². The minimum atomic E-state index is -1.02. The molecule has 1 atom stereocenters. The molecule has 4 heteroatoms. The van der Waals surface area contributed by atoms with Crippen LogP contribution in [-0.2, 0) is 6.54 Å². The number of carbonyl (C=O) groups is 1. The second kappa shape index (κ2) is 7.55. The summed E-state index contributed by atoms with van der Waals surface area (Å²) >= 11 is 0. The molecule has 2 N–H and O–H groups in total. The molecule has 1 aliphatic carbocycles. The first-order valence-electron chi connectivity index (χ1n) is 7.87. The molecular weight excluding hydrogens is 269 g/mol. The molecule has 0 aliphatic heterocycles. The standard InChI is InChI=1S/C17H24FNO2/c1-2-16(12-6-4-3-5-7-12)19-11-14-10-13(17(20)21)8-9-15(14)18/h8-10,12,16,19H,2-7,11H2,1H3,(H,20,21). The predicted octanol–water partition coefficient (Wildman–Crippen LogP) is 3.97. The lowest BCUT2D eigenvalue weighted by molar-refractivity contribution is 0.0696. The van der Waals surface area contributed by atoms with Crippen LogP contribution in [0.2, 0.25) is 0 Å². The highest BCUT2D eigenvalue weighted by Crippen LogP contribution is 2.28. The van der Waals surface area contributed by atoms with Crippen LogP contribution in [-0.4, -0.2) is 17.1 Å². The van der Waals surface area contributed by atoms with Gasteiger partial charge in [0.15, 0.2) is 0 Å². The number of nitrogens with one attached hydrogen (secondary N) is 1. The van der Waals surface area contributed by atoms with E-state index in [9.17, 15) is 9.18 Å². The predicted molar refractivity (Wildman–Crippen MR) is 80.9 cm³/mol. The maximum absolute atomic E-state index is 13.8. The first kappa shape index (κ1) is 16.0. The average Bonchev–Trinajstić information content (AvgIpc) is 2.50. The van der Waals surface area contributed by atoms with Gasteiger partial charge in [-0.3, -0.25) is 0 Å². The van der Waals surface area contributed by atoms with E-state index in [0.29, 0.717) is 24.1 Å². The van der Waals surface area contributed by atoms with E-state index in [1.54, 1.807) is 0 Å². The number of halogens is 1. The largest absolute Gasteiger partial charge is 0.478 e. The van der Waals surface area contributed by atoms with Crippen LogP contribution in [0.3, 0.4) is 0 Å². The van der Waals surface area contributed by atoms with Gasteiger partial charge in [0, 0.05) is 18.2 Å². The van der Waals surface area contributed by atoms with E-state index < -0.39 is 5.97 Å². The highest BCUT2D eigenvalue weighted by molar-refractivity contribution is 5.87. The Balaban J connectivity index is 2.00. The zero-order valence-electron chi connectivity index (χ0n) is 12.6. The van der Waals surface area contributed by atoms with Crippen LogP contribution in [0.1, 0.15) is 61.4 Å². The van der Waals surface area contributed by atoms with Crippen molar-refractivity contribution in [3.63, 3.8) is 0 Å². The molecule has 1 unspecified atom stereocenters. The van der Waals surface area contributed by atoms with Crippen LogP contribution in [0.5, 0.6) is 0 Å². The Labute approximate surface area is 125 Å². The van der Waals surface area contributed by atoms with Gasteiger partial charge in [-0.1, -0.05) is 26.2 Å². The van der Waals surface area contributed by atoms with Crippen LogP contribution in [0, 0.1) is 11.7 Å². The van der Waals surface area contributed by atoms with Crippen molar-refractivity contribution in [3.8, 4) is 0 Å². The Hall–Kier alpha value is -1.42. The third-order valence-electron chi connectivity index (χ3n) is 4.51. The van der Waals surface area contributed by atoms with E-state index in [-0.39, 0.29) is 11.4 Å². The van der Waals surface area contributed by atoms with Crippen LogP contribution in [0.4, 0.5) is 4.39 Å².